The van der Waals surface area contributed by atoms with Gasteiger partial charge in [-0.3, -0.25) is 0 Å². The molecule has 0 fully saturated rings. The summed E-state index contributed by atoms with van der Waals surface area (Å²) in [5.74, 6) is 0.850. The summed E-state index contributed by atoms with van der Waals surface area (Å²) < 4.78 is 7.10. The van der Waals surface area contributed by atoms with Gasteiger partial charge in [0.2, 0.25) is 0 Å². The normalized spacial score (nSPS) is 10.3. The van der Waals surface area contributed by atoms with Crippen molar-refractivity contribution in [3.05, 3.63) is 65.4 Å². The van der Waals surface area contributed by atoms with Crippen molar-refractivity contribution in [1.29, 1.82) is 5.26 Å². The minimum atomic E-state index is 0.504. The monoisotopic (exact) mass is 304 g/mol. The van der Waals surface area contributed by atoms with E-state index in [1.807, 2.05) is 49.4 Å². The highest BCUT2D eigenvalue weighted by Crippen LogP contribution is 2.26. The molecular formula is C18H16N4O. The topological polar surface area (TPSA) is 63.7 Å². The molecule has 1 aromatic heterocycles. The Balaban J connectivity index is 1.97. The Kier molecular flexibility index (Phi) is 4.07. The summed E-state index contributed by atoms with van der Waals surface area (Å²) in [6.45, 7) is 2.51. The van der Waals surface area contributed by atoms with Crippen LogP contribution in [0.3, 0.4) is 0 Å². The summed E-state index contributed by atoms with van der Waals surface area (Å²) >= 11 is 0. The number of rotatable bonds is 4. The van der Waals surface area contributed by atoms with Crippen LogP contribution in [0, 0.1) is 18.3 Å². The molecule has 1 heterocycles. The third kappa shape index (κ3) is 2.92. The Labute approximate surface area is 134 Å². The van der Waals surface area contributed by atoms with Gasteiger partial charge in [0.15, 0.2) is 0 Å². The quantitative estimate of drug-likeness (QED) is 0.742. The first kappa shape index (κ1) is 14.8. The summed E-state index contributed by atoms with van der Waals surface area (Å²) in [6, 6.07) is 15.7. The minimum absolute atomic E-state index is 0.504. The molecule has 5 nitrogen and oxygen atoms in total. The Morgan fingerprint density at radius 1 is 1.22 bits per heavy atom. The number of hydrogen-bond donors (Lipinski definition) is 0. The molecular weight excluding hydrogens is 288 g/mol. The predicted octanol–water partition coefficient (Wildman–Crippen LogP) is 3.18. The van der Waals surface area contributed by atoms with Crippen molar-refractivity contribution in [2.75, 3.05) is 7.11 Å². The molecule has 114 valence electrons. The highest BCUT2D eigenvalue weighted by Gasteiger charge is 2.11. The Hall–Kier alpha value is -3.13. The highest BCUT2D eigenvalue weighted by atomic mass is 16.5. The van der Waals surface area contributed by atoms with Crippen molar-refractivity contribution in [2.24, 2.45) is 0 Å². The standard InChI is InChI=1S/C18H16N4O/c1-13-9-14(7-8-18(13)23-2)17-11-20-21-22(17)12-16-6-4-3-5-15(16)10-19/h3-9,11H,12H2,1-2H3. The van der Waals surface area contributed by atoms with Gasteiger partial charge in [0.1, 0.15) is 5.75 Å². The molecule has 0 aliphatic rings. The molecule has 23 heavy (non-hydrogen) atoms. The van der Waals surface area contributed by atoms with Crippen LogP contribution in [-0.2, 0) is 6.54 Å². The molecule has 0 unspecified atom stereocenters. The average Bonchev–Trinajstić information content (AvgIpc) is 3.03. The van der Waals surface area contributed by atoms with E-state index >= 15 is 0 Å². The van der Waals surface area contributed by atoms with Crippen LogP contribution in [0.1, 0.15) is 16.7 Å². The van der Waals surface area contributed by atoms with Crippen molar-refractivity contribution in [3.63, 3.8) is 0 Å². The number of ether oxygens (including phenoxy) is 1. The zero-order chi connectivity index (χ0) is 16.2. The van der Waals surface area contributed by atoms with E-state index in [1.165, 1.54) is 0 Å². The molecule has 3 aromatic rings. The predicted molar refractivity (Wildman–Crippen MR) is 87.0 cm³/mol. The molecule has 0 saturated carbocycles. The summed E-state index contributed by atoms with van der Waals surface area (Å²) in [5.41, 5.74) is 4.55. The maximum atomic E-state index is 9.22. The molecule has 0 saturated heterocycles. The van der Waals surface area contributed by atoms with Gasteiger partial charge in [-0.05, 0) is 42.3 Å². The van der Waals surface area contributed by atoms with Crippen LogP contribution in [0.15, 0.2) is 48.7 Å². The molecule has 5 heteroatoms. The molecule has 3 rings (SSSR count). The van der Waals surface area contributed by atoms with Gasteiger partial charge < -0.3 is 4.74 Å². The SMILES string of the molecule is COc1ccc(-c2cnnn2Cc2ccccc2C#N)cc1C. The number of nitriles is 1. The number of aryl methyl sites for hydroxylation is 1. The maximum Gasteiger partial charge on any atom is 0.121 e. The second kappa shape index (κ2) is 6.32. The first-order chi connectivity index (χ1) is 11.2. The molecule has 0 aliphatic carbocycles. The third-order valence-corrected chi connectivity index (χ3v) is 3.77. The molecule has 0 spiro atoms. The van der Waals surface area contributed by atoms with E-state index in [1.54, 1.807) is 18.0 Å². The van der Waals surface area contributed by atoms with Gasteiger partial charge in [-0.15, -0.1) is 5.10 Å². The number of hydrogen-bond acceptors (Lipinski definition) is 4. The van der Waals surface area contributed by atoms with E-state index in [-0.39, 0.29) is 0 Å². The van der Waals surface area contributed by atoms with Crippen LogP contribution in [0.5, 0.6) is 5.75 Å². The molecule has 0 radical (unpaired) electrons. The molecule has 2 aromatic carbocycles. The zero-order valence-electron chi connectivity index (χ0n) is 13.0. The lowest BCUT2D eigenvalue weighted by atomic mass is 10.1. The van der Waals surface area contributed by atoms with Gasteiger partial charge in [0, 0.05) is 5.56 Å². The van der Waals surface area contributed by atoms with Gasteiger partial charge in [-0.25, -0.2) is 4.68 Å². The van der Waals surface area contributed by atoms with Gasteiger partial charge >= 0.3 is 0 Å². The lowest BCUT2D eigenvalue weighted by Gasteiger charge is -2.10. The van der Waals surface area contributed by atoms with Crippen LogP contribution in [0.25, 0.3) is 11.3 Å². The van der Waals surface area contributed by atoms with Crippen molar-refractivity contribution in [3.8, 4) is 23.1 Å². The van der Waals surface area contributed by atoms with Crippen LogP contribution >= 0.6 is 0 Å². The first-order valence-corrected chi connectivity index (χ1v) is 7.24. The Bertz CT molecular complexity index is 877. The fourth-order valence-electron chi connectivity index (χ4n) is 2.56. The lowest BCUT2D eigenvalue weighted by molar-refractivity contribution is 0.412. The molecule has 0 aliphatic heterocycles. The van der Waals surface area contributed by atoms with Gasteiger partial charge in [-0.2, -0.15) is 5.26 Å². The number of aromatic nitrogens is 3. The summed E-state index contributed by atoms with van der Waals surface area (Å²) in [7, 11) is 1.66. The van der Waals surface area contributed by atoms with Crippen molar-refractivity contribution in [1.82, 2.24) is 15.0 Å². The summed E-state index contributed by atoms with van der Waals surface area (Å²) in [5, 5.41) is 17.4. The molecule has 0 atom stereocenters. The highest BCUT2D eigenvalue weighted by molar-refractivity contribution is 5.61. The lowest BCUT2D eigenvalue weighted by Crippen LogP contribution is -2.05. The van der Waals surface area contributed by atoms with Crippen molar-refractivity contribution in [2.45, 2.75) is 13.5 Å². The van der Waals surface area contributed by atoms with E-state index in [0.29, 0.717) is 12.1 Å². The smallest absolute Gasteiger partial charge is 0.121 e. The van der Waals surface area contributed by atoms with Gasteiger partial charge in [-0.1, -0.05) is 23.4 Å². The van der Waals surface area contributed by atoms with E-state index < -0.39 is 0 Å². The van der Waals surface area contributed by atoms with Crippen molar-refractivity contribution >= 4 is 0 Å². The number of nitrogens with zero attached hydrogens (tertiary/aromatic N) is 4. The number of methoxy groups -OCH3 is 1. The Morgan fingerprint density at radius 2 is 2.04 bits per heavy atom. The number of benzene rings is 2. The van der Waals surface area contributed by atoms with E-state index in [4.69, 9.17) is 4.74 Å². The Morgan fingerprint density at radius 3 is 2.78 bits per heavy atom. The molecule has 0 N–H and O–H groups in total. The van der Waals surface area contributed by atoms with Crippen LogP contribution < -0.4 is 4.74 Å². The summed E-state index contributed by atoms with van der Waals surface area (Å²) in [4.78, 5) is 0. The first-order valence-electron chi connectivity index (χ1n) is 7.24. The zero-order valence-corrected chi connectivity index (χ0v) is 13.0. The van der Waals surface area contributed by atoms with Gasteiger partial charge in [0.25, 0.3) is 0 Å². The van der Waals surface area contributed by atoms with Crippen molar-refractivity contribution < 1.29 is 4.74 Å². The van der Waals surface area contributed by atoms with Crippen LogP contribution in [-0.4, -0.2) is 22.1 Å². The fraction of sp³-hybridized carbons (Fsp3) is 0.167. The fourth-order valence-corrected chi connectivity index (χ4v) is 2.56. The average molecular weight is 304 g/mol. The van der Waals surface area contributed by atoms with E-state index in [9.17, 15) is 5.26 Å². The largest absolute Gasteiger partial charge is 0.496 e. The summed E-state index contributed by atoms with van der Waals surface area (Å²) in [6.07, 6.45) is 1.73. The van der Waals surface area contributed by atoms with Crippen LogP contribution in [0.4, 0.5) is 0 Å². The minimum Gasteiger partial charge on any atom is -0.496 e. The van der Waals surface area contributed by atoms with E-state index in [2.05, 4.69) is 16.4 Å². The second-order valence-corrected chi connectivity index (χ2v) is 5.23. The third-order valence-electron chi connectivity index (χ3n) is 3.77. The second-order valence-electron chi connectivity index (χ2n) is 5.23. The molecule has 0 bridgehead atoms. The van der Waals surface area contributed by atoms with Gasteiger partial charge in [0.05, 0.1) is 37.2 Å². The van der Waals surface area contributed by atoms with E-state index in [0.717, 1.165) is 28.1 Å². The van der Waals surface area contributed by atoms with Crippen LogP contribution in [0.2, 0.25) is 0 Å². The molecule has 0 amide bonds. The maximum absolute atomic E-state index is 9.22.